The van der Waals surface area contributed by atoms with Crippen molar-refractivity contribution in [2.45, 2.75) is 6.54 Å². The lowest BCUT2D eigenvalue weighted by Gasteiger charge is -2.08. The summed E-state index contributed by atoms with van der Waals surface area (Å²) in [6.07, 6.45) is 12.0. The zero-order chi connectivity index (χ0) is 24.9. The van der Waals surface area contributed by atoms with E-state index in [1.54, 1.807) is 43.0 Å². The van der Waals surface area contributed by atoms with Gasteiger partial charge in [-0.2, -0.15) is 10.2 Å². The molecule has 5 rings (SSSR count). The van der Waals surface area contributed by atoms with E-state index < -0.39 is 5.91 Å². The molecule has 0 radical (unpaired) electrons. The van der Waals surface area contributed by atoms with Gasteiger partial charge in [0, 0.05) is 42.1 Å². The van der Waals surface area contributed by atoms with E-state index in [9.17, 15) is 14.4 Å². The van der Waals surface area contributed by atoms with Gasteiger partial charge in [0.25, 0.3) is 17.4 Å². The van der Waals surface area contributed by atoms with Crippen molar-refractivity contribution in [3.05, 3.63) is 118 Å². The number of benzene rings is 1. The highest BCUT2D eigenvalue weighted by molar-refractivity contribution is 6.34. The third kappa shape index (κ3) is 4.90. The van der Waals surface area contributed by atoms with E-state index in [4.69, 9.17) is 0 Å². The minimum absolute atomic E-state index is 0.0644. The highest BCUT2D eigenvalue weighted by atomic mass is 16.2. The monoisotopic (exact) mass is 478 g/mol. The molecule has 178 valence electrons. The van der Waals surface area contributed by atoms with Crippen LogP contribution in [0.25, 0.3) is 17.7 Å². The molecule has 0 atom stereocenters. The van der Waals surface area contributed by atoms with E-state index in [1.165, 1.54) is 10.6 Å². The van der Waals surface area contributed by atoms with Gasteiger partial charge in [-0.25, -0.2) is 0 Å². The Bertz CT molecular complexity index is 1540. The second kappa shape index (κ2) is 10.1. The molecule has 3 N–H and O–H groups in total. The van der Waals surface area contributed by atoms with E-state index in [-0.39, 0.29) is 23.6 Å². The zero-order valence-corrected chi connectivity index (χ0v) is 19.1. The van der Waals surface area contributed by atoms with Crippen LogP contribution in [-0.2, 0) is 11.3 Å². The summed E-state index contributed by atoms with van der Waals surface area (Å²) in [5.74, 6) is -0.603. The largest absolute Gasteiger partial charge is 0.362 e. The molecule has 0 saturated heterocycles. The van der Waals surface area contributed by atoms with Gasteiger partial charge in [0.1, 0.15) is 5.56 Å². The average Bonchev–Trinajstić information content (AvgIpc) is 3.51. The first-order valence-electron chi connectivity index (χ1n) is 11.3. The van der Waals surface area contributed by atoms with Gasteiger partial charge < -0.3 is 20.2 Å². The number of pyridine rings is 1. The molecule has 1 aliphatic heterocycles. The van der Waals surface area contributed by atoms with Crippen molar-refractivity contribution in [2.75, 3.05) is 11.9 Å². The summed E-state index contributed by atoms with van der Waals surface area (Å²) in [6.45, 7) is 0.537. The molecule has 36 heavy (non-hydrogen) atoms. The molecule has 1 aliphatic rings. The molecule has 0 aliphatic carbocycles. The third-order valence-electron chi connectivity index (χ3n) is 5.70. The highest BCUT2D eigenvalue weighted by Crippen LogP contribution is 2.33. The van der Waals surface area contributed by atoms with Crippen molar-refractivity contribution < 1.29 is 9.59 Å². The van der Waals surface area contributed by atoms with Crippen molar-refractivity contribution in [3.8, 4) is 0 Å². The van der Waals surface area contributed by atoms with Gasteiger partial charge in [0.05, 0.1) is 18.3 Å². The fourth-order valence-corrected chi connectivity index (χ4v) is 3.93. The third-order valence-corrected chi connectivity index (χ3v) is 5.70. The first kappa shape index (κ1) is 22.7. The van der Waals surface area contributed by atoms with Crippen LogP contribution in [0, 0.1) is 0 Å². The predicted molar refractivity (Wildman–Crippen MR) is 137 cm³/mol. The number of fused-ring (bicyclic) bond motifs is 1. The molecule has 0 bridgehead atoms. The second-order valence-corrected chi connectivity index (χ2v) is 8.16. The van der Waals surface area contributed by atoms with E-state index in [0.29, 0.717) is 12.1 Å². The fourth-order valence-electron chi connectivity index (χ4n) is 3.93. The van der Waals surface area contributed by atoms with Crippen LogP contribution in [0.5, 0.6) is 0 Å². The van der Waals surface area contributed by atoms with Crippen LogP contribution in [-0.4, -0.2) is 38.1 Å². The maximum atomic E-state index is 12.7. The number of anilines is 1. The van der Waals surface area contributed by atoms with Crippen molar-refractivity contribution in [2.24, 2.45) is 0 Å². The van der Waals surface area contributed by atoms with E-state index in [2.05, 4.69) is 25.8 Å². The highest BCUT2D eigenvalue weighted by Gasteiger charge is 2.24. The predicted octanol–water partition coefficient (Wildman–Crippen LogP) is 2.95. The van der Waals surface area contributed by atoms with Gasteiger partial charge in [-0.15, -0.1) is 0 Å². The van der Waals surface area contributed by atoms with E-state index in [0.717, 1.165) is 28.1 Å². The Morgan fingerprint density at radius 1 is 1.08 bits per heavy atom. The Morgan fingerprint density at radius 3 is 2.81 bits per heavy atom. The molecule has 0 unspecified atom stereocenters. The molecule has 2 amide bonds. The molecular weight excluding hydrogens is 456 g/mol. The molecule has 3 aromatic heterocycles. The Hall–Kier alpha value is -5.05. The number of nitrogens with zero attached hydrogens (tertiary/aromatic N) is 3. The maximum absolute atomic E-state index is 12.7. The Labute approximate surface area is 206 Å². The minimum atomic E-state index is -0.452. The summed E-state index contributed by atoms with van der Waals surface area (Å²) in [7, 11) is 0. The van der Waals surface area contributed by atoms with E-state index in [1.807, 2.05) is 42.5 Å². The number of aromatic amines is 1. The molecule has 9 nitrogen and oxygen atoms in total. The molecule has 4 heterocycles. The summed E-state index contributed by atoms with van der Waals surface area (Å²) >= 11 is 0. The number of carbonyl (C=O) groups is 2. The van der Waals surface area contributed by atoms with Gasteiger partial charge in [0.2, 0.25) is 0 Å². The molecule has 1 aromatic carbocycles. The SMILES string of the molecule is O=C1Nc2cc(/C=C/CNC(=O)c3cccn(Cc4ccnnc4)c3=O)ccc2C1=Cc1ccc[nH]1. The minimum Gasteiger partial charge on any atom is -0.362 e. The maximum Gasteiger partial charge on any atom is 0.263 e. The number of amides is 2. The topological polar surface area (TPSA) is 122 Å². The number of aromatic nitrogens is 4. The first-order valence-corrected chi connectivity index (χ1v) is 11.3. The molecular formula is C27H22N6O3. The summed E-state index contributed by atoms with van der Waals surface area (Å²) in [6, 6.07) is 14.4. The molecule has 0 saturated carbocycles. The number of carbonyl (C=O) groups excluding carboxylic acids is 2. The number of nitrogens with one attached hydrogen (secondary N) is 3. The zero-order valence-electron chi connectivity index (χ0n) is 19.1. The Kier molecular flexibility index (Phi) is 6.35. The summed E-state index contributed by atoms with van der Waals surface area (Å²) in [5, 5.41) is 13.2. The van der Waals surface area contributed by atoms with Crippen LogP contribution in [0.15, 0.2) is 84.2 Å². The molecule has 0 fully saturated rings. The number of hydrogen-bond donors (Lipinski definition) is 3. The van der Waals surface area contributed by atoms with E-state index >= 15 is 0 Å². The molecule has 0 spiro atoms. The van der Waals surface area contributed by atoms with Gasteiger partial charge in [0.15, 0.2) is 0 Å². The number of rotatable bonds is 7. The van der Waals surface area contributed by atoms with Crippen LogP contribution < -0.4 is 16.2 Å². The van der Waals surface area contributed by atoms with Crippen molar-refractivity contribution in [1.82, 2.24) is 25.1 Å². The number of hydrogen-bond acceptors (Lipinski definition) is 5. The molecule has 9 heteroatoms. The normalized spacial score (nSPS) is 13.7. The van der Waals surface area contributed by atoms with Crippen LogP contribution in [0.1, 0.15) is 32.7 Å². The number of H-pyrrole nitrogens is 1. The van der Waals surface area contributed by atoms with Crippen molar-refractivity contribution in [3.63, 3.8) is 0 Å². The van der Waals surface area contributed by atoms with Crippen molar-refractivity contribution in [1.29, 1.82) is 0 Å². The van der Waals surface area contributed by atoms with Crippen LogP contribution in [0.4, 0.5) is 5.69 Å². The quantitative estimate of drug-likeness (QED) is 0.353. The van der Waals surface area contributed by atoms with Gasteiger partial charge in [-0.1, -0.05) is 24.3 Å². The Balaban J connectivity index is 1.22. The first-order chi connectivity index (χ1) is 17.6. The van der Waals surface area contributed by atoms with Gasteiger partial charge >= 0.3 is 0 Å². The lowest BCUT2D eigenvalue weighted by molar-refractivity contribution is -0.110. The Morgan fingerprint density at radius 2 is 2.00 bits per heavy atom. The van der Waals surface area contributed by atoms with Gasteiger partial charge in [-0.05, 0) is 53.6 Å². The molecule has 4 aromatic rings. The summed E-state index contributed by atoms with van der Waals surface area (Å²) in [5.41, 5.74) is 4.39. The smallest absolute Gasteiger partial charge is 0.263 e. The summed E-state index contributed by atoms with van der Waals surface area (Å²) in [4.78, 5) is 40.8. The van der Waals surface area contributed by atoms with Gasteiger partial charge in [-0.3, -0.25) is 14.4 Å². The van der Waals surface area contributed by atoms with Crippen LogP contribution >= 0.6 is 0 Å². The van der Waals surface area contributed by atoms with Crippen molar-refractivity contribution >= 4 is 35.2 Å². The fraction of sp³-hybridized carbons (Fsp3) is 0.0741. The standard InChI is InChI=1S/C27H22N6O3/c34-25(22-6-3-13-33(27(22)36)17-19-9-12-30-31-16-19)29-11-1-4-18-7-8-21-23(15-20-5-2-10-28-20)26(35)32-24(21)14-18/h1-10,12-16,28H,11,17H2,(H,29,34)(H,32,35)/b4-1+,23-15?. The second-order valence-electron chi connectivity index (χ2n) is 8.16. The lowest BCUT2D eigenvalue weighted by atomic mass is 10.0. The summed E-state index contributed by atoms with van der Waals surface area (Å²) < 4.78 is 1.46. The lowest BCUT2D eigenvalue weighted by Crippen LogP contribution is -2.33. The van der Waals surface area contributed by atoms with Crippen LogP contribution in [0.2, 0.25) is 0 Å². The average molecular weight is 479 g/mol. The van der Waals surface area contributed by atoms with Crippen LogP contribution in [0.3, 0.4) is 0 Å².